The zero-order chi connectivity index (χ0) is 14.4. The summed E-state index contributed by atoms with van der Waals surface area (Å²) in [7, 11) is 0. The molecule has 1 saturated heterocycles. The highest BCUT2D eigenvalue weighted by Crippen LogP contribution is 2.18. The first kappa shape index (κ1) is 15.5. The van der Waals surface area contributed by atoms with Gasteiger partial charge < -0.3 is 10.2 Å². The summed E-state index contributed by atoms with van der Waals surface area (Å²) in [6.07, 6.45) is 4.85. The van der Waals surface area contributed by atoms with Gasteiger partial charge in [0.15, 0.2) is 0 Å². The smallest absolute Gasteiger partial charge is 0.222 e. The molecule has 3 nitrogen and oxygen atoms in total. The van der Waals surface area contributed by atoms with Crippen LogP contribution in [-0.2, 0) is 11.2 Å². The van der Waals surface area contributed by atoms with E-state index in [1.165, 1.54) is 9.75 Å². The van der Waals surface area contributed by atoms with Gasteiger partial charge in [0, 0.05) is 35.3 Å². The zero-order valence-electron chi connectivity index (χ0n) is 12.7. The first-order valence-electron chi connectivity index (χ1n) is 7.76. The lowest BCUT2D eigenvalue weighted by Crippen LogP contribution is -2.42. The van der Waals surface area contributed by atoms with Crippen LogP contribution in [-0.4, -0.2) is 36.5 Å². The highest BCUT2D eigenvalue weighted by molar-refractivity contribution is 7.11. The van der Waals surface area contributed by atoms with Crippen LogP contribution in [0.5, 0.6) is 0 Å². The minimum Gasteiger partial charge on any atom is -0.338 e. The van der Waals surface area contributed by atoms with Crippen LogP contribution in [0.4, 0.5) is 0 Å². The Labute approximate surface area is 126 Å². The predicted molar refractivity (Wildman–Crippen MR) is 85.3 cm³/mol. The Morgan fingerprint density at radius 2 is 2.35 bits per heavy atom. The summed E-state index contributed by atoms with van der Waals surface area (Å²) in [6.45, 7) is 7.21. The average molecular weight is 294 g/mol. The summed E-state index contributed by atoms with van der Waals surface area (Å²) in [5.41, 5.74) is 0. The molecule has 2 rings (SSSR count). The van der Waals surface area contributed by atoms with Gasteiger partial charge in [-0.05, 0) is 51.3 Å². The second-order valence-corrected chi connectivity index (χ2v) is 6.97. The number of hydrogen-bond acceptors (Lipinski definition) is 3. The van der Waals surface area contributed by atoms with Crippen molar-refractivity contribution in [3.63, 3.8) is 0 Å². The van der Waals surface area contributed by atoms with Gasteiger partial charge in [-0.2, -0.15) is 0 Å². The van der Waals surface area contributed by atoms with Crippen LogP contribution in [0.1, 0.15) is 42.4 Å². The molecule has 0 bridgehead atoms. The molecule has 1 aliphatic rings. The molecule has 0 radical (unpaired) electrons. The molecule has 1 N–H and O–H groups in total. The standard InChI is InChI=1S/C16H26N2OS/c1-3-11-18(14-9-10-17-12-14)16(19)6-4-5-15-8-7-13(2)20-15/h7-8,14,17H,3-6,9-12H2,1-2H3. The van der Waals surface area contributed by atoms with E-state index in [0.717, 1.165) is 45.3 Å². The van der Waals surface area contributed by atoms with Gasteiger partial charge in [-0.3, -0.25) is 4.79 Å². The molecule has 1 unspecified atom stereocenters. The van der Waals surface area contributed by atoms with Crippen molar-refractivity contribution in [2.45, 2.75) is 52.0 Å². The van der Waals surface area contributed by atoms with E-state index in [0.29, 0.717) is 18.4 Å². The van der Waals surface area contributed by atoms with Gasteiger partial charge in [-0.15, -0.1) is 11.3 Å². The molecule has 1 fully saturated rings. The predicted octanol–water partition coefficient (Wildman–Crippen LogP) is 2.98. The molecule has 4 heteroatoms. The van der Waals surface area contributed by atoms with Crippen molar-refractivity contribution in [3.8, 4) is 0 Å². The number of nitrogens with one attached hydrogen (secondary N) is 1. The van der Waals surface area contributed by atoms with Gasteiger partial charge in [0.2, 0.25) is 5.91 Å². The third-order valence-electron chi connectivity index (χ3n) is 3.87. The van der Waals surface area contributed by atoms with Gasteiger partial charge >= 0.3 is 0 Å². The maximum absolute atomic E-state index is 12.4. The highest BCUT2D eigenvalue weighted by Gasteiger charge is 2.25. The molecular weight excluding hydrogens is 268 g/mol. The lowest BCUT2D eigenvalue weighted by atomic mass is 10.1. The van der Waals surface area contributed by atoms with E-state index in [1.54, 1.807) is 0 Å². The molecule has 0 spiro atoms. The average Bonchev–Trinajstić information content (AvgIpc) is 3.07. The minimum atomic E-state index is 0.342. The Kier molecular flexibility index (Phi) is 6.05. The van der Waals surface area contributed by atoms with Crippen molar-refractivity contribution in [2.75, 3.05) is 19.6 Å². The second kappa shape index (κ2) is 7.79. The fourth-order valence-electron chi connectivity index (χ4n) is 2.83. The summed E-state index contributed by atoms with van der Waals surface area (Å²) in [5, 5.41) is 3.36. The van der Waals surface area contributed by atoms with E-state index in [-0.39, 0.29) is 0 Å². The first-order valence-corrected chi connectivity index (χ1v) is 8.58. The molecule has 0 saturated carbocycles. The van der Waals surface area contributed by atoms with Crippen molar-refractivity contribution in [2.24, 2.45) is 0 Å². The highest BCUT2D eigenvalue weighted by atomic mass is 32.1. The maximum atomic E-state index is 12.4. The third kappa shape index (κ3) is 4.32. The van der Waals surface area contributed by atoms with E-state index in [9.17, 15) is 4.79 Å². The Morgan fingerprint density at radius 1 is 1.50 bits per heavy atom. The zero-order valence-corrected chi connectivity index (χ0v) is 13.5. The third-order valence-corrected chi connectivity index (χ3v) is 4.93. The van der Waals surface area contributed by atoms with Gasteiger partial charge in [0.1, 0.15) is 0 Å². The molecular formula is C16H26N2OS. The summed E-state index contributed by atoms with van der Waals surface area (Å²) >= 11 is 1.85. The van der Waals surface area contributed by atoms with E-state index in [2.05, 4.69) is 36.2 Å². The fourth-order valence-corrected chi connectivity index (χ4v) is 3.77. The van der Waals surface area contributed by atoms with E-state index >= 15 is 0 Å². The maximum Gasteiger partial charge on any atom is 0.222 e. The summed E-state index contributed by atoms with van der Waals surface area (Å²) in [5.74, 6) is 0.342. The summed E-state index contributed by atoms with van der Waals surface area (Å²) in [4.78, 5) is 17.3. The van der Waals surface area contributed by atoms with Crippen LogP contribution >= 0.6 is 11.3 Å². The number of carbonyl (C=O) groups is 1. The number of hydrogen-bond donors (Lipinski definition) is 1. The van der Waals surface area contributed by atoms with Crippen LogP contribution in [0.25, 0.3) is 0 Å². The first-order chi connectivity index (χ1) is 9.70. The van der Waals surface area contributed by atoms with Crippen molar-refractivity contribution in [3.05, 3.63) is 21.9 Å². The Bertz CT molecular complexity index is 424. The summed E-state index contributed by atoms with van der Waals surface area (Å²) in [6, 6.07) is 4.77. The van der Waals surface area contributed by atoms with Crippen LogP contribution in [0.3, 0.4) is 0 Å². The lowest BCUT2D eigenvalue weighted by Gasteiger charge is -2.28. The molecule has 1 amide bonds. The Morgan fingerprint density at radius 3 is 2.95 bits per heavy atom. The molecule has 0 aromatic carbocycles. The van der Waals surface area contributed by atoms with E-state index in [4.69, 9.17) is 0 Å². The molecule has 1 aliphatic heterocycles. The Balaban J connectivity index is 1.78. The number of carbonyl (C=O) groups excluding carboxylic acids is 1. The quantitative estimate of drug-likeness (QED) is 0.838. The van der Waals surface area contributed by atoms with Crippen LogP contribution in [0.2, 0.25) is 0 Å². The monoisotopic (exact) mass is 294 g/mol. The van der Waals surface area contributed by atoms with Crippen LogP contribution in [0, 0.1) is 6.92 Å². The second-order valence-electron chi connectivity index (χ2n) is 5.60. The van der Waals surface area contributed by atoms with E-state index < -0.39 is 0 Å². The SMILES string of the molecule is CCCN(C(=O)CCCc1ccc(C)s1)C1CCNC1. The number of thiophene rings is 1. The molecule has 0 aliphatic carbocycles. The van der Waals surface area contributed by atoms with Crippen molar-refractivity contribution in [1.29, 1.82) is 0 Å². The topological polar surface area (TPSA) is 32.3 Å². The van der Waals surface area contributed by atoms with Crippen molar-refractivity contribution >= 4 is 17.2 Å². The van der Waals surface area contributed by atoms with Crippen molar-refractivity contribution < 1.29 is 4.79 Å². The lowest BCUT2D eigenvalue weighted by molar-refractivity contribution is -0.133. The molecule has 1 aromatic rings. The van der Waals surface area contributed by atoms with E-state index in [1.807, 2.05) is 11.3 Å². The van der Waals surface area contributed by atoms with Gasteiger partial charge in [0.25, 0.3) is 0 Å². The fraction of sp³-hybridized carbons (Fsp3) is 0.688. The van der Waals surface area contributed by atoms with Gasteiger partial charge in [-0.25, -0.2) is 0 Å². The molecule has 2 heterocycles. The van der Waals surface area contributed by atoms with Gasteiger partial charge in [-0.1, -0.05) is 6.92 Å². The number of rotatable bonds is 7. The number of nitrogens with zero attached hydrogens (tertiary/aromatic N) is 1. The largest absolute Gasteiger partial charge is 0.338 e. The molecule has 1 atom stereocenters. The number of amides is 1. The van der Waals surface area contributed by atoms with Gasteiger partial charge in [0.05, 0.1) is 0 Å². The van der Waals surface area contributed by atoms with Crippen molar-refractivity contribution in [1.82, 2.24) is 10.2 Å². The molecule has 1 aromatic heterocycles. The molecule has 112 valence electrons. The Hall–Kier alpha value is -0.870. The molecule has 20 heavy (non-hydrogen) atoms. The number of aryl methyl sites for hydroxylation is 2. The van der Waals surface area contributed by atoms with Crippen LogP contribution < -0.4 is 5.32 Å². The van der Waals surface area contributed by atoms with Crippen LogP contribution in [0.15, 0.2) is 12.1 Å². The normalized spacial score (nSPS) is 18.4. The summed E-state index contributed by atoms with van der Waals surface area (Å²) < 4.78 is 0. The minimum absolute atomic E-state index is 0.342.